The monoisotopic (exact) mass is 567 g/mol. The Morgan fingerprint density at radius 3 is 2.68 bits per heavy atom. The summed E-state index contributed by atoms with van der Waals surface area (Å²) in [6, 6.07) is 22.8. The zero-order valence-corrected chi connectivity index (χ0v) is 23.6. The van der Waals surface area contributed by atoms with Crippen LogP contribution in [0.5, 0.6) is 11.5 Å². The first-order valence-corrected chi connectivity index (χ1v) is 14.3. The number of rotatable bonds is 8. The molecule has 1 unspecified atom stereocenters. The summed E-state index contributed by atoms with van der Waals surface area (Å²) in [5, 5.41) is 5.66. The molecule has 6 rings (SSSR count). The second kappa shape index (κ2) is 11.5. The number of hydrogen-bond donors (Lipinski definition) is 1. The van der Waals surface area contributed by atoms with Gasteiger partial charge in [0.25, 0.3) is 0 Å². The largest absolute Gasteiger partial charge is 0.463 e. The van der Waals surface area contributed by atoms with Gasteiger partial charge in [0.15, 0.2) is 16.7 Å². The van der Waals surface area contributed by atoms with Crippen LogP contribution in [0.2, 0.25) is 0 Å². The highest BCUT2D eigenvalue weighted by Crippen LogP contribution is 2.47. The van der Waals surface area contributed by atoms with E-state index in [4.69, 9.17) is 19.2 Å². The number of esters is 1. The zero-order chi connectivity index (χ0) is 28.3. The van der Waals surface area contributed by atoms with E-state index in [9.17, 15) is 9.59 Å². The molecule has 41 heavy (non-hydrogen) atoms. The predicted octanol–water partition coefficient (Wildman–Crippen LogP) is 5.71. The first-order valence-electron chi connectivity index (χ1n) is 13.4. The molecule has 0 saturated heterocycles. The van der Waals surface area contributed by atoms with Crippen LogP contribution in [-0.4, -0.2) is 35.3 Å². The van der Waals surface area contributed by atoms with Crippen LogP contribution in [0.15, 0.2) is 94.5 Å². The fourth-order valence-corrected chi connectivity index (χ4v) is 6.04. The van der Waals surface area contributed by atoms with Gasteiger partial charge in [-0.2, -0.15) is 0 Å². The van der Waals surface area contributed by atoms with Crippen molar-refractivity contribution in [2.75, 3.05) is 13.4 Å². The van der Waals surface area contributed by atoms with Gasteiger partial charge in [0.2, 0.25) is 12.7 Å². The van der Waals surface area contributed by atoms with Gasteiger partial charge in [0.05, 0.1) is 30.3 Å². The van der Waals surface area contributed by atoms with Crippen molar-refractivity contribution in [1.29, 1.82) is 0 Å². The van der Waals surface area contributed by atoms with E-state index in [0.29, 0.717) is 34.5 Å². The van der Waals surface area contributed by atoms with Crippen molar-refractivity contribution in [3.05, 3.63) is 112 Å². The molecule has 3 aromatic carbocycles. The maximum atomic E-state index is 13.6. The van der Waals surface area contributed by atoms with E-state index in [2.05, 4.69) is 11.4 Å². The normalized spacial score (nSPS) is 17.1. The van der Waals surface area contributed by atoms with Crippen LogP contribution in [0.3, 0.4) is 0 Å². The Balaban J connectivity index is 1.32. The number of ether oxygens (including phenoxy) is 3. The van der Waals surface area contributed by atoms with Gasteiger partial charge in [-0.05, 0) is 42.5 Å². The van der Waals surface area contributed by atoms with Crippen molar-refractivity contribution in [2.45, 2.75) is 32.9 Å². The summed E-state index contributed by atoms with van der Waals surface area (Å²) >= 11 is 1.45. The number of nitrogens with zero attached hydrogens (tertiary/aromatic N) is 2. The van der Waals surface area contributed by atoms with Gasteiger partial charge in [0, 0.05) is 17.8 Å². The van der Waals surface area contributed by atoms with Crippen molar-refractivity contribution in [2.24, 2.45) is 4.99 Å². The highest BCUT2D eigenvalue weighted by molar-refractivity contribution is 8.16. The summed E-state index contributed by atoms with van der Waals surface area (Å²) in [5.41, 5.74) is 5.51. The number of carbonyl (C=O) groups excluding carboxylic acids is 2. The molecule has 3 aliphatic rings. The summed E-state index contributed by atoms with van der Waals surface area (Å²) in [7, 11) is 0. The fraction of sp³-hybridized carbons (Fsp3) is 0.219. The molecule has 0 bridgehead atoms. The Hall–Kier alpha value is -4.50. The Morgan fingerprint density at radius 2 is 1.88 bits per heavy atom. The topological polar surface area (TPSA) is 89.5 Å². The number of aryl methyl sites for hydroxylation is 1. The molecule has 0 aliphatic carbocycles. The molecule has 1 atom stereocenters. The van der Waals surface area contributed by atoms with Crippen LogP contribution in [0.1, 0.15) is 41.6 Å². The summed E-state index contributed by atoms with van der Waals surface area (Å²) in [4.78, 5) is 33.8. The highest BCUT2D eigenvalue weighted by atomic mass is 32.2. The Morgan fingerprint density at radius 1 is 1.05 bits per heavy atom. The number of amidine groups is 1. The standard InChI is InChI=1S/C32H29N3O5S/c1-3-38-31(37)28-29(22-9-5-4-6-10-22)34-32-35(30(28)23-11-7-8-20(2)14-23)24(18-41-32)16-27(36)33-17-21-12-13-25-26(15-21)40-19-39-25/h4-15,18,30H,3,16-17,19H2,1-2H3,(H,33,36). The molecule has 0 fully saturated rings. The van der Waals surface area contributed by atoms with Gasteiger partial charge >= 0.3 is 5.97 Å². The lowest BCUT2D eigenvalue weighted by Crippen LogP contribution is -2.38. The van der Waals surface area contributed by atoms with E-state index in [-0.39, 0.29) is 25.7 Å². The highest BCUT2D eigenvalue weighted by Gasteiger charge is 2.42. The van der Waals surface area contributed by atoms with Crippen LogP contribution in [-0.2, 0) is 20.9 Å². The third kappa shape index (κ3) is 5.45. The van der Waals surface area contributed by atoms with E-state index >= 15 is 0 Å². The van der Waals surface area contributed by atoms with E-state index in [1.165, 1.54) is 11.8 Å². The molecule has 0 saturated carbocycles. The lowest BCUT2D eigenvalue weighted by atomic mass is 9.90. The van der Waals surface area contributed by atoms with E-state index in [0.717, 1.165) is 28.0 Å². The average Bonchev–Trinajstić information content (AvgIpc) is 3.62. The van der Waals surface area contributed by atoms with Gasteiger partial charge in [-0.15, -0.1) is 0 Å². The maximum Gasteiger partial charge on any atom is 0.338 e. The Bertz CT molecular complexity index is 1600. The number of amides is 1. The number of nitrogens with one attached hydrogen (secondary N) is 1. The fourth-order valence-electron chi connectivity index (χ4n) is 5.12. The lowest BCUT2D eigenvalue weighted by Gasteiger charge is -2.37. The maximum absolute atomic E-state index is 13.6. The molecular weight excluding hydrogens is 538 g/mol. The number of aliphatic imine (C=N–C) groups is 1. The van der Waals surface area contributed by atoms with Crippen LogP contribution in [0.4, 0.5) is 0 Å². The van der Waals surface area contributed by atoms with Crippen LogP contribution in [0.25, 0.3) is 5.70 Å². The number of thioether (sulfide) groups is 1. The summed E-state index contributed by atoms with van der Waals surface area (Å²) in [6.45, 7) is 4.60. The molecule has 3 heterocycles. The predicted molar refractivity (Wildman–Crippen MR) is 158 cm³/mol. The van der Waals surface area contributed by atoms with E-state index in [1.807, 2.05) is 84.0 Å². The zero-order valence-electron chi connectivity index (χ0n) is 22.8. The van der Waals surface area contributed by atoms with Gasteiger partial charge in [0.1, 0.15) is 0 Å². The molecule has 208 valence electrons. The molecule has 1 amide bonds. The molecule has 0 spiro atoms. The average molecular weight is 568 g/mol. The second-order valence-corrected chi connectivity index (χ2v) is 10.6. The summed E-state index contributed by atoms with van der Waals surface area (Å²) in [6.07, 6.45) is 0.121. The molecule has 3 aliphatic heterocycles. The van der Waals surface area contributed by atoms with Crippen molar-refractivity contribution in [3.8, 4) is 11.5 Å². The van der Waals surface area contributed by atoms with Crippen LogP contribution in [0, 0.1) is 6.92 Å². The van der Waals surface area contributed by atoms with Gasteiger partial charge in [-0.1, -0.05) is 78.0 Å². The first kappa shape index (κ1) is 26.7. The number of benzene rings is 3. The Kier molecular flexibility index (Phi) is 7.52. The summed E-state index contributed by atoms with van der Waals surface area (Å²) in [5.74, 6) is 0.806. The molecule has 1 N–H and O–H groups in total. The van der Waals surface area contributed by atoms with Gasteiger partial charge in [-0.25, -0.2) is 9.79 Å². The third-order valence-electron chi connectivity index (χ3n) is 6.98. The van der Waals surface area contributed by atoms with Crippen molar-refractivity contribution in [3.63, 3.8) is 0 Å². The molecular formula is C32H29N3O5S. The lowest BCUT2D eigenvalue weighted by molar-refractivity contribution is -0.139. The minimum absolute atomic E-state index is 0.121. The van der Waals surface area contributed by atoms with E-state index in [1.54, 1.807) is 6.92 Å². The quantitative estimate of drug-likeness (QED) is 0.349. The molecule has 3 aromatic rings. The smallest absolute Gasteiger partial charge is 0.338 e. The number of carbonyl (C=O) groups is 2. The molecule has 0 radical (unpaired) electrons. The van der Waals surface area contributed by atoms with Gasteiger partial charge < -0.3 is 24.4 Å². The number of hydrogen-bond acceptors (Lipinski definition) is 8. The third-order valence-corrected chi connectivity index (χ3v) is 7.87. The summed E-state index contributed by atoms with van der Waals surface area (Å²) < 4.78 is 16.4. The van der Waals surface area contributed by atoms with Crippen LogP contribution >= 0.6 is 11.8 Å². The van der Waals surface area contributed by atoms with Gasteiger partial charge in [-0.3, -0.25) is 4.79 Å². The second-order valence-electron chi connectivity index (χ2n) is 9.80. The van der Waals surface area contributed by atoms with Crippen molar-refractivity contribution < 1.29 is 23.8 Å². The van der Waals surface area contributed by atoms with Crippen molar-refractivity contribution >= 4 is 34.5 Å². The van der Waals surface area contributed by atoms with Crippen LogP contribution < -0.4 is 14.8 Å². The SMILES string of the molecule is CCOC(=O)C1=C(c2ccccc2)N=C2SC=C(CC(=O)NCc3ccc4c(c3)OCO4)N2C1c1cccc(C)c1. The minimum atomic E-state index is -0.514. The van der Waals surface area contributed by atoms with Crippen molar-refractivity contribution in [1.82, 2.24) is 10.2 Å². The van der Waals surface area contributed by atoms with E-state index < -0.39 is 12.0 Å². The number of fused-ring (bicyclic) bond motifs is 2. The molecule has 9 heteroatoms. The first-order chi connectivity index (χ1) is 20.0. The minimum Gasteiger partial charge on any atom is -0.463 e. The Labute approximate surface area is 242 Å². The molecule has 8 nitrogen and oxygen atoms in total. The molecule has 0 aromatic heterocycles.